The topological polar surface area (TPSA) is 15.3 Å². The number of hydrogen-bond donors (Lipinski definition) is 1. The van der Waals surface area contributed by atoms with Gasteiger partial charge in [0.2, 0.25) is 0 Å². The van der Waals surface area contributed by atoms with Gasteiger partial charge in [0, 0.05) is 31.9 Å². The van der Waals surface area contributed by atoms with Gasteiger partial charge >= 0.3 is 6.18 Å². The van der Waals surface area contributed by atoms with Crippen molar-refractivity contribution in [2.45, 2.75) is 26.1 Å². The summed E-state index contributed by atoms with van der Waals surface area (Å²) in [7, 11) is 1.87. The van der Waals surface area contributed by atoms with Crippen molar-refractivity contribution in [1.29, 1.82) is 0 Å². The van der Waals surface area contributed by atoms with Crippen molar-refractivity contribution in [2.75, 3.05) is 25.0 Å². The van der Waals surface area contributed by atoms with Gasteiger partial charge in [0.15, 0.2) is 0 Å². The Morgan fingerprint density at radius 2 is 1.72 bits per heavy atom. The van der Waals surface area contributed by atoms with E-state index in [1.165, 1.54) is 12.1 Å². The molecule has 0 amide bonds. The number of alkyl halides is 3. The first kappa shape index (κ1) is 14.8. The molecule has 0 bridgehead atoms. The smallest absolute Gasteiger partial charge is 0.373 e. The van der Waals surface area contributed by atoms with Crippen LogP contribution >= 0.6 is 0 Å². The van der Waals surface area contributed by atoms with Gasteiger partial charge in [-0.1, -0.05) is 13.8 Å². The number of anilines is 1. The van der Waals surface area contributed by atoms with Crippen LogP contribution in [0.15, 0.2) is 24.3 Å². The molecule has 2 nitrogen and oxygen atoms in total. The van der Waals surface area contributed by atoms with E-state index in [1.54, 1.807) is 0 Å². The van der Waals surface area contributed by atoms with Gasteiger partial charge in [-0.15, -0.1) is 0 Å². The molecule has 0 unspecified atom stereocenters. The SMILES string of the molecule is CC(C)NCCN(C)c1ccc(C(F)(F)F)cc1. The fourth-order valence-electron chi connectivity index (χ4n) is 1.55. The van der Waals surface area contributed by atoms with E-state index >= 15 is 0 Å². The van der Waals surface area contributed by atoms with Gasteiger partial charge in [0.1, 0.15) is 0 Å². The molecule has 0 spiro atoms. The largest absolute Gasteiger partial charge is 0.416 e. The van der Waals surface area contributed by atoms with E-state index in [-0.39, 0.29) is 0 Å². The normalized spacial score (nSPS) is 11.9. The first-order valence-electron chi connectivity index (χ1n) is 5.92. The summed E-state index contributed by atoms with van der Waals surface area (Å²) in [5.41, 5.74) is 0.175. The Morgan fingerprint density at radius 3 is 2.17 bits per heavy atom. The molecule has 0 aromatic heterocycles. The molecule has 1 aromatic carbocycles. The zero-order valence-electron chi connectivity index (χ0n) is 10.9. The fourth-order valence-corrected chi connectivity index (χ4v) is 1.55. The molecule has 0 radical (unpaired) electrons. The lowest BCUT2D eigenvalue weighted by Gasteiger charge is -2.21. The lowest BCUT2D eigenvalue weighted by atomic mass is 10.2. The van der Waals surface area contributed by atoms with Crippen LogP contribution in [0.3, 0.4) is 0 Å². The second-order valence-corrected chi connectivity index (χ2v) is 4.58. The maximum atomic E-state index is 12.4. The van der Waals surface area contributed by atoms with Crippen molar-refractivity contribution >= 4 is 5.69 Å². The van der Waals surface area contributed by atoms with Crippen LogP contribution in [-0.2, 0) is 6.18 Å². The van der Waals surface area contributed by atoms with Crippen molar-refractivity contribution in [1.82, 2.24) is 5.32 Å². The minimum Gasteiger partial charge on any atom is -0.373 e. The van der Waals surface area contributed by atoms with Crippen LogP contribution in [0.2, 0.25) is 0 Å². The molecule has 0 heterocycles. The quantitative estimate of drug-likeness (QED) is 0.875. The van der Waals surface area contributed by atoms with E-state index in [2.05, 4.69) is 19.2 Å². The van der Waals surface area contributed by atoms with Crippen LogP contribution in [0.1, 0.15) is 19.4 Å². The lowest BCUT2D eigenvalue weighted by Crippen LogP contribution is -2.32. The number of halogens is 3. The minimum absolute atomic E-state index is 0.408. The van der Waals surface area contributed by atoms with Crippen LogP contribution in [0.5, 0.6) is 0 Å². The number of nitrogens with zero attached hydrogens (tertiary/aromatic N) is 1. The summed E-state index contributed by atoms with van der Waals surface area (Å²) in [6.45, 7) is 5.66. The number of benzene rings is 1. The third-order valence-corrected chi connectivity index (χ3v) is 2.64. The van der Waals surface area contributed by atoms with Gasteiger partial charge in [-0.3, -0.25) is 0 Å². The standard InChI is InChI=1S/C13H19F3N2/c1-10(2)17-8-9-18(3)12-6-4-11(5-7-12)13(14,15)16/h4-7,10,17H,8-9H2,1-3H3. The highest BCUT2D eigenvalue weighted by Crippen LogP contribution is 2.30. The maximum Gasteiger partial charge on any atom is 0.416 e. The van der Waals surface area contributed by atoms with E-state index in [0.29, 0.717) is 6.04 Å². The van der Waals surface area contributed by atoms with Crippen molar-refractivity contribution in [2.24, 2.45) is 0 Å². The van der Waals surface area contributed by atoms with Crippen LogP contribution in [0.4, 0.5) is 18.9 Å². The molecule has 0 saturated heterocycles. The third-order valence-electron chi connectivity index (χ3n) is 2.64. The molecule has 0 saturated carbocycles. The Kier molecular flexibility index (Phi) is 5.02. The summed E-state index contributed by atoms with van der Waals surface area (Å²) in [4.78, 5) is 1.93. The predicted molar refractivity (Wildman–Crippen MR) is 67.9 cm³/mol. The Morgan fingerprint density at radius 1 is 1.17 bits per heavy atom. The van der Waals surface area contributed by atoms with E-state index in [1.807, 2.05) is 11.9 Å². The highest BCUT2D eigenvalue weighted by atomic mass is 19.4. The molecule has 1 rings (SSSR count). The van der Waals surface area contributed by atoms with Crippen LogP contribution in [-0.4, -0.2) is 26.2 Å². The second kappa shape index (κ2) is 6.09. The number of hydrogen-bond acceptors (Lipinski definition) is 2. The molecule has 1 aromatic rings. The van der Waals surface area contributed by atoms with Crippen LogP contribution < -0.4 is 10.2 Å². The zero-order valence-corrected chi connectivity index (χ0v) is 10.9. The molecule has 1 N–H and O–H groups in total. The molecule has 102 valence electrons. The Balaban J connectivity index is 2.56. The third kappa shape index (κ3) is 4.56. The van der Waals surface area contributed by atoms with Crippen LogP contribution in [0.25, 0.3) is 0 Å². The van der Waals surface area contributed by atoms with Gasteiger partial charge in [0.05, 0.1) is 5.56 Å². The van der Waals surface area contributed by atoms with Gasteiger partial charge in [-0.25, -0.2) is 0 Å². The summed E-state index contributed by atoms with van der Waals surface area (Å²) in [5, 5.41) is 3.26. The highest BCUT2D eigenvalue weighted by Gasteiger charge is 2.29. The number of rotatable bonds is 5. The molecular formula is C13H19F3N2. The van der Waals surface area contributed by atoms with E-state index < -0.39 is 11.7 Å². The second-order valence-electron chi connectivity index (χ2n) is 4.58. The molecule has 0 aliphatic rings. The molecule has 0 atom stereocenters. The maximum absolute atomic E-state index is 12.4. The van der Waals surface area contributed by atoms with Gasteiger partial charge in [-0.05, 0) is 24.3 Å². The van der Waals surface area contributed by atoms with Crippen molar-refractivity contribution < 1.29 is 13.2 Å². The molecular weight excluding hydrogens is 241 g/mol. The van der Waals surface area contributed by atoms with E-state index in [9.17, 15) is 13.2 Å². The van der Waals surface area contributed by atoms with Crippen LogP contribution in [0, 0.1) is 0 Å². The first-order chi connectivity index (χ1) is 8.30. The summed E-state index contributed by atoms with van der Waals surface area (Å²) < 4.78 is 37.2. The van der Waals surface area contributed by atoms with E-state index in [0.717, 1.165) is 30.9 Å². The Hall–Kier alpha value is -1.23. The molecule has 0 fully saturated rings. The van der Waals surface area contributed by atoms with Gasteiger partial charge < -0.3 is 10.2 Å². The number of nitrogens with one attached hydrogen (secondary N) is 1. The first-order valence-corrected chi connectivity index (χ1v) is 5.92. The Bertz CT molecular complexity index is 357. The number of likely N-dealkylation sites (N-methyl/N-ethyl adjacent to an activating group) is 1. The summed E-state index contributed by atoms with van der Waals surface area (Å²) in [6.07, 6.45) is -4.27. The lowest BCUT2D eigenvalue weighted by molar-refractivity contribution is -0.137. The Labute approximate surface area is 106 Å². The zero-order chi connectivity index (χ0) is 13.8. The van der Waals surface area contributed by atoms with Crippen molar-refractivity contribution in [3.63, 3.8) is 0 Å². The average Bonchev–Trinajstić information content (AvgIpc) is 2.27. The molecule has 0 aliphatic carbocycles. The van der Waals surface area contributed by atoms with E-state index in [4.69, 9.17) is 0 Å². The minimum atomic E-state index is -4.27. The van der Waals surface area contributed by atoms with Crippen molar-refractivity contribution in [3.8, 4) is 0 Å². The summed E-state index contributed by atoms with van der Waals surface area (Å²) in [5.74, 6) is 0. The molecule has 0 aliphatic heterocycles. The molecule has 5 heteroatoms. The highest BCUT2D eigenvalue weighted by molar-refractivity contribution is 5.47. The monoisotopic (exact) mass is 260 g/mol. The predicted octanol–water partition coefficient (Wildman–Crippen LogP) is 3.14. The fraction of sp³-hybridized carbons (Fsp3) is 0.538. The van der Waals surface area contributed by atoms with Crippen molar-refractivity contribution in [3.05, 3.63) is 29.8 Å². The summed E-state index contributed by atoms with van der Waals surface area (Å²) >= 11 is 0. The average molecular weight is 260 g/mol. The molecule has 18 heavy (non-hydrogen) atoms. The summed E-state index contributed by atoms with van der Waals surface area (Å²) in [6, 6.07) is 5.63. The van der Waals surface area contributed by atoms with Gasteiger partial charge in [0.25, 0.3) is 0 Å². The van der Waals surface area contributed by atoms with Gasteiger partial charge in [-0.2, -0.15) is 13.2 Å².